The van der Waals surface area contributed by atoms with Crippen molar-refractivity contribution in [1.82, 2.24) is 9.97 Å². The molecule has 8 nitrogen and oxygen atoms in total. The minimum absolute atomic E-state index is 0.483. The summed E-state index contributed by atoms with van der Waals surface area (Å²) in [6, 6.07) is 49.7. The van der Waals surface area contributed by atoms with Crippen LogP contribution >= 0.6 is 57.7 Å². The van der Waals surface area contributed by atoms with E-state index in [4.69, 9.17) is 71.3 Å². The van der Waals surface area contributed by atoms with E-state index in [1.54, 1.807) is 11.3 Å². The zero-order valence-electron chi connectivity index (χ0n) is 35.9. The van der Waals surface area contributed by atoms with Gasteiger partial charge in [-0.05, 0) is 85.5 Å². The molecule has 8 bridgehead atoms. The molecule has 0 amide bonds. The van der Waals surface area contributed by atoms with Crippen LogP contribution < -0.4 is 9.06 Å². The summed E-state index contributed by atoms with van der Waals surface area (Å²) in [6.45, 7) is 6.80. The van der Waals surface area contributed by atoms with Gasteiger partial charge in [-0.2, -0.15) is 0 Å². The van der Waals surface area contributed by atoms with E-state index >= 15 is 0 Å². The molecule has 0 fully saturated rings. The summed E-state index contributed by atoms with van der Waals surface area (Å²) < 4.78 is 9.33. The maximum atomic E-state index is 9.44. The van der Waals surface area contributed by atoms with E-state index in [0.29, 0.717) is 6.61 Å². The van der Waals surface area contributed by atoms with Crippen molar-refractivity contribution in [2.75, 3.05) is 6.61 Å². The Morgan fingerprint density at radius 2 is 1.17 bits per heavy atom. The number of thiophene rings is 1. The number of aromatic amines is 1. The molecular formula is C53H43Cl4N3O5S. The highest BCUT2D eigenvalue weighted by Gasteiger charge is 2.40. The van der Waals surface area contributed by atoms with Gasteiger partial charge < -0.3 is 19.9 Å². The molecule has 66 heavy (non-hydrogen) atoms. The van der Waals surface area contributed by atoms with Crippen molar-refractivity contribution >= 4 is 92.1 Å². The summed E-state index contributed by atoms with van der Waals surface area (Å²) >= 11 is 20.9. The Kier molecular flexibility index (Phi) is 15.6. The number of H-pyrrole nitrogens is 1. The topological polar surface area (TPSA) is 125 Å². The predicted octanol–water partition coefficient (Wildman–Crippen LogP) is 11.4. The van der Waals surface area contributed by atoms with Crippen LogP contribution in [-0.2, 0) is 19.9 Å². The summed E-state index contributed by atoms with van der Waals surface area (Å²) in [7, 11) is 0. The van der Waals surface area contributed by atoms with E-state index in [9.17, 15) is 9.59 Å². The smallest absolute Gasteiger partial charge is 0.337 e. The number of nitrogens with one attached hydrogen (secondary N) is 1. The van der Waals surface area contributed by atoms with Crippen LogP contribution in [0.4, 0.5) is 0 Å². The van der Waals surface area contributed by atoms with E-state index in [0.717, 1.165) is 82.0 Å². The molecular weight excluding hydrogens is 932 g/mol. The second-order valence-corrected chi connectivity index (χ2v) is 18.4. The second kappa shape index (κ2) is 21.5. The number of carbonyl (C=O) groups is 2. The SMILES string of the molecule is CCOC1(c2ccccc2)c2cncc(c2)/C(c2ccccc2)=C2/C=CC(=N2)/C(c2ccc(C)cc2)=c2/cc/c(s2)=C(\c2ccc(C)cc2)c2ccc1[nH]2.O=C(O)C(Cl)Cl.O=C(O)C(Cl)Cl. The average molecular weight is 976 g/mol. The lowest BCUT2D eigenvalue weighted by molar-refractivity contribution is -0.136. The quantitative estimate of drug-likeness (QED) is 0.130. The van der Waals surface area contributed by atoms with Crippen LogP contribution in [0, 0.1) is 13.8 Å². The zero-order valence-corrected chi connectivity index (χ0v) is 39.7. The highest BCUT2D eigenvalue weighted by Crippen LogP contribution is 2.42. The third kappa shape index (κ3) is 10.6. The standard InChI is InChI=1S/C49H39N3OS.2C2H2Cl2O2/c1-4-53-49(38-13-9-6-10-14-38)39-29-37(30-50-31-39)46(34-11-7-5-8-12-34)40-23-24-41(51-40)47(35-19-15-32(2)16-20-35)43-26-27-44(54-43)48(42-25-28-45(49)52-42)36-21-17-33(3)18-22-36;2*3-1(4)2(5)6/h5-31,52H,4H2,1-3H3;2*1H,(H,5,6)/b46-40-,47-43-,48-44-;;. The lowest BCUT2D eigenvalue weighted by Crippen LogP contribution is -2.33. The molecule has 0 radical (unpaired) electrons. The van der Waals surface area contributed by atoms with Gasteiger partial charge in [0, 0.05) is 61.6 Å². The Morgan fingerprint density at radius 1 is 0.636 bits per heavy atom. The summed E-state index contributed by atoms with van der Waals surface area (Å²) in [5, 5.41) is 15.5. The first kappa shape index (κ1) is 47.9. The molecule has 5 heterocycles. The molecule has 0 aliphatic carbocycles. The number of aliphatic imine (C=N–C) groups is 1. The minimum Gasteiger partial charge on any atom is -0.479 e. The number of hydrogen-bond acceptors (Lipinski definition) is 6. The van der Waals surface area contributed by atoms with Crippen molar-refractivity contribution in [2.24, 2.45) is 4.99 Å². The Morgan fingerprint density at radius 3 is 1.73 bits per heavy atom. The number of aryl methyl sites for hydroxylation is 2. The number of pyridine rings is 1. The minimum atomic E-state index is -1.29. The van der Waals surface area contributed by atoms with Crippen LogP contribution in [0.5, 0.6) is 0 Å². The summed E-state index contributed by atoms with van der Waals surface area (Å²) in [6.07, 6.45) is 8.21. The predicted molar refractivity (Wildman–Crippen MR) is 268 cm³/mol. The fourth-order valence-electron chi connectivity index (χ4n) is 7.73. The Balaban J connectivity index is 0.000000480. The third-order valence-corrected chi connectivity index (χ3v) is 12.5. The molecule has 2 aliphatic heterocycles. The number of aliphatic carboxylic acids is 2. The van der Waals surface area contributed by atoms with Gasteiger partial charge in [0.05, 0.1) is 17.1 Å². The van der Waals surface area contributed by atoms with Gasteiger partial charge in [-0.25, -0.2) is 14.6 Å². The first-order valence-corrected chi connectivity index (χ1v) is 23.3. The fraction of sp³-hybridized carbons (Fsp3) is 0.132. The van der Waals surface area contributed by atoms with Gasteiger partial charge in [0.25, 0.3) is 0 Å². The van der Waals surface area contributed by atoms with E-state index in [2.05, 4.69) is 171 Å². The highest BCUT2D eigenvalue weighted by atomic mass is 35.5. The molecule has 3 N–H and O–H groups in total. The van der Waals surface area contributed by atoms with Crippen molar-refractivity contribution < 1.29 is 24.5 Å². The lowest BCUT2D eigenvalue weighted by Gasteiger charge is -2.34. The van der Waals surface area contributed by atoms with Gasteiger partial charge in [-0.1, -0.05) is 167 Å². The number of rotatable bonds is 8. The van der Waals surface area contributed by atoms with Gasteiger partial charge in [-0.3, -0.25) is 4.98 Å². The third-order valence-electron chi connectivity index (χ3n) is 10.7. The number of allylic oxidation sites excluding steroid dienone is 2. The average Bonchev–Trinajstić information content (AvgIpc) is 4.12. The van der Waals surface area contributed by atoms with Crippen LogP contribution in [0.1, 0.15) is 62.8 Å². The van der Waals surface area contributed by atoms with Gasteiger partial charge >= 0.3 is 11.9 Å². The number of benzene rings is 4. The monoisotopic (exact) mass is 973 g/mol. The molecule has 7 aromatic rings. The van der Waals surface area contributed by atoms with Gasteiger partial charge in [0.2, 0.25) is 9.67 Å². The maximum Gasteiger partial charge on any atom is 0.337 e. The Bertz CT molecular complexity index is 3050. The van der Waals surface area contributed by atoms with E-state index < -0.39 is 27.2 Å². The van der Waals surface area contributed by atoms with Crippen molar-refractivity contribution in [3.63, 3.8) is 0 Å². The molecule has 1 unspecified atom stereocenters. The van der Waals surface area contributed by atoms with Crippen molar-refractivity contribution in [3.8, 4) is 0 Å². The number of hydrogen-bond donors (Lipinski definition) is 3. The molecule has 3 aromatic heterocycles. The van der Waals surface area contributed by atoms with Crippen molar-refractivity contribution in [1.29, 1.82) is 0 Å². The largest absolute Gasteiger partial charge is 0.479 e. The Labute approximate surface area is 406 Å². The molecule has 4 aromatic carbocycles. The molecule has 1 atom stereocenters. The number of fused-ring (bicyclic) bond motifs is 7. The van der Waals surface area contributed by atoms with Crippen molar-refractivity contribution in [2.45, 2.75) is 36.0 Å². The number of halogens is 4. The molecule has 9 rings (SSSR count). The van der Waals surface area contributed by atoms with E-state index in [-0.39, 0.29) is 0 Å². The summed E-state index contributed by atoms with van der Waals surface area (Å²) in [4.78, 5) is 30.6. The molecule has 0 saturated heterocycles. The molecule has 2 aliphatic rings. The first-order valence-electron chi connectivity index (χ1n) is 20.7. The number of carboxylic acids is 2. The van der Waals surface area contributed by atoms with Crippen molar-refractivity contribution in [3.05, 3.63) is 235 Å². The van der Waals surface area contributed by atoms with Gasteiger partial charge in [0.1, 0.15) is 0 Å². The van der Waals surface area contributed by atoms with Gasteiger partial charge in [0.15, 0.2) is 5.60 Å². The zero-order chi connectivity index (χ0) is 47.0. The molecule has 13 heteroatoms. The van der Waals surface area contributed by atoms with Crippen LogP contribution in [-0.4, -0.2) is 54.1 Å². The van der Waals surface area contributed by atoms with E-state index in [1.165, 1.54) is 11.1 Å². The number of aromatic nitrogens is 2. The number of ether oxygens (including phenoxy) is 1. The number of carboxylic acid groups (broad SMARTS) is 2. The van der Waals surface area contributed by atoms with Crippen LogP contribution in [0.25, 0.3) is 16.7 Å². The second-order valence-electron chi connectivity index (χ2n) is 15.1. The molecule has 0 spiro atoms. The number of nitrogens with zero attached hydrogens (tertiary/aromatic N) is 2. The lowest BCUT2D eigenvalue weighted by atomic mass is 9.82. The number of alkyl halides is 4. The highest BCUT2D eigenvalue weighted by molar-refractivity contribution is 7.08. The van der Waals surface area contributed by atoms with E-state index in [1.807, 2.05) is 18.5 Å². The van der Waals surface area contributed by atoms with Crippen LogP contribution in [0.15, 0.2) is 175 Å². The van der Waals surface area contributed by atoms with Gasteiger partial charge in [-0.15, -0.1) is 11.3 Å². The van der Waals surface area contributed by atoms with Crippen LogP contribution in [0.3, 0.4) is 0 Å². The maximum absolute atomic E-state index is 9.44. The Hall–Kier alpha value is -6.04. The normalized spacial score (nSPS) is 17.9. The first-order chi connectivity index (χ1) is 31.8. The summed E-state index contributed by atoms with van der Waals surface area (Å²) in [5.74, 6) is -2.42. The molecule has 334 valence electrons. The fourth-order valence-corrected chi connectivity index (χ4v) is 8.89. The van der Waals surface area contributed by atoms with Crippen LogP contribution in [0.2, 0.25) is 0 Å². The summed E-state index contributed by atoms with van der Waals surface area (Å²) in [5.41, 5.74) is 14.7. The molecule has 0 saturated carbocycles.